The van der Waals surface area contributed by atoms with E-state index in [0.717, 1.165) is 27.1 Å². The fourth-order valence-corrected chi connectivity index (χ4v) is 4.87. The van der Waals surface area contributed by atoms with Gasteiger partial charge in [0.15, 0.2) is 5.78 Å². The van der Waals surface area contributed by atoms with Gasteiger partial charge >= 0.3 is 0 Å². The van der Waals surface area contributed by atoms with Crippen LogP contribution in [0.15, 0.2) is 53.4 Å². The molecule has 0 saturated carbocycles. The van der Waals surface area contributed by atoms with E-state index in [1.807, 2.05) is 20.8 Å². The number of Topliss-reactive ketones (excluding diaryl/α,β-unsaturated/α-hetero) is 1. The van der Waals surface area contributed by atoms with Gasteiger partial charge in [0.2, 0.25) is 10.0 Å². The lowest BCUT2D eigenvalue weighted by atomic mass is 9.97. The minimum atomic E-state index is -3.75. The average Bonchev–Trinajstić information content (AvgIpc) is 2.98. The molecule has 2 N–H and O–H groups in total. The smallest absolute Gasteiger partial charge is 0.238 e. The molecule has 3 aromatic rings. The molecule has 27 heavy (non-hydrogen) atoms. The average molecular weight is 400 g/mol. The summed E-state index contributed by atoms with van der Waals surface area (Å²) in [6.07, 6.45) is 0.412. The van der Waals surface area contributed by atoms with Crippen molar-refractivity contribution in [3.63, 3.8) is 0 Å². The van der Waals surface area contributed by atoms with Crippen molar-refractivity contribution >= 4 is 27.1 Å². The van der Waals surface area contributed by atoms with Crippen molar-refractivity contribution in [3.05, 3.63) is 64.5 Å². The highest BCUT2D eigenvalue weighted by atomic mass is 32.2. The molecule has 0 spiro atoms. The van der Waals surface area contributed by atoms with E-state index in [1.54, 1.807) is 12.1 Å². The van der Waals surface area contributed by atoms with Crippen LogP contribution in [0.3, 0.4) is 0 Å². The molecule has 6 heteroatoms. The second-order valence-electron chi connectivity index (χ2n) is 6.47. The van der Waals surface area contributed by atoms with Crippen molar-refractivity contribution in [1.29, 1.82) is 0 Å². The normalized spacial score (nSPS) is 11.6. The summed E-state index contributed by atoms with van der Waals surface area (Å²) in [4.78, 5) is 14.4. The number of sulfonamides is 1. The number of nitrogens with two attached hydrogens (primary N) is 1. The first-order valence-corrected chi connectivity index (χ1v) is 11.0. The van der Waals surface area contributed by atoms with Gasteiger partial charge in [-0.15, -0.1) is 11.3 Å². The Balaban J connectivity index is 2.19. The van der Waals surface area contributed by atoms with E-state index < -0.39 is 10.0 Å². The molecule has 0 bridgehead atoms. The zero-order chi connectivity index (χ0) is 19.8. The van der Waals surface area contributed by atoms with Gasteiger partial charge in [0.05, 0.1) is 9.77 Å². The molecule has 0 atom stereocenters. The first-order chi connectivity index (χ1) is 12.7. The first kappa shape index (κ1) is 19.5. The summed E-state index contributed by atoms with van der Waals surface area (Å²) in [6.45, 7) is 5.88. The summed E-state index contributed by atoms with van der Waals surface area (Å²) in [5, 5.41) is 5.19. The minimum absolute atomic E-state index is 0.0567. The van der Waals surface area contributed by atoms with Crippen LogP contribution in [0, 0.1) is 13.8 Å². The zero-order valence-corrected chi connectivity index (χ0v) is 17.1. The van der Waals surface area contributed by atoms with Gasteiger partial charge in [-0.05, 0) is 42.7 Å². The molecule has 0 unspecified atom stereocenters. The van der Waals surface area contributed by atoms with Crippen LogP contribution in [0.5, 0.6) is 0 Å². The molecule has 140 valence electrons. The number of aryl methyl sites for hydroxylation is 1. The first-order valence-electron chi connectivity index (χ1n) is 8.59. The molecule has 0 aliphatic carbocycles. The highest BCUT2D eigenvalue weighted by Gasteiger charge is 2.22. The largest absolute Gasteiger partial charge is 0.293 e. The van der Waals surface area contributed by atoms with Crippen LogP contribution >= 0.6 is 11.3 Å². The lowest BCUT2D eigenvalue weighted by Crippen LogP contribution is -2.11. The van der Waals surface area contributed by atoms with Crippen LogP contribution in [-0.2, 0) is 10.0 Å². The minimum Gasteiger partial charge on any atom is -0.293 e. The molecule has 0 aliphatic rings. The van der Waals surface area contributed by atoms with Crippen LogP contribution < -0.4 is 5.14 Å². The maximum absolute atomic E-state index is 12.6. The Bertz CT molecular complexity index is 1090. The second-order valence-corrected chi connectivity index (χ2v) is 9.05. The van der Waals surface area contributed by atoms with Crippen LogP contribution in [0.25, 0.3) is 21.6 Å². The van der Waals surface area contributed by atoms with E-state index in [0.29, 0.717) is 11.3 Å². The van der Waals surface area contributed by atoms with E-state index in [9.17, 15) is 13.2 Å². The van der Waals surface area contributed by atoms with Crippen LogP contribution in [-0.4, -0.2) is 14.2 Å². The Labute approximate surface area is 163 Å². The molecule has 2 aromatic carbocycles. The second kappa shape index (κ2) is 7.38. The fraction of sp³-hybridized carbons (Fsp3) is 0.190. The van der Waals surface area contributed by atoms with Gasteiger partial charge in [0.25, 0.3) is 0 Å². The predicted octanol–water partition coefficient (Wildman–Crippen LogP) is 4.94. The molecule has 0 aliphatic heterocycles. The number of rotatable bonds is 5. The summed E-state index contributed by atoms with van der Waals surface area (Å²) in [5.41, 5.74) is 4.94. The molecule has 4 nitrogen and oxygen atoms in total. The highest BCUT2D eigenvalue weighted by Crippen LogP contribution is 2.42. The summed E-state index contributed by atoms with van der Waals surface area (Å²) >= 11 is 1.49. The van der Waals surface area contributed by atoms with Crippen molar-refractivity contribution in [2.75, 3.05) is 0 Å². The van der Waals surface area contributed by atoms with Crippen molar-refractivity contribution in [3.8, 4) is 21.6 Å². The molecular formula is C21H21NO3S2. The summed E-state index contributed by atoms with van der Waals surface area (Å²) in [6, 6.07) is 14.6. The maximum Gasteiger partial charge on any atom is 0.238 e. The Morgan fingerprint density at radius 2 is 1.52 bits per heavy atom. The lowest BCUT2D eigenvalue weighted by Gasteiger charge is -2.07. The molecule has 0 fully saturated rings. The van der Waals surface area contributed by atoms with E-state index in [-0.39, 0.29) is 10.7 Å². The van der Waals surface area contributed by atoms with Gasteiger partial charge in [0, 0.05) is 16.9 Å². The third-order valence-electron chi connectivity index (χ3n) is 4.51. The number of benzene rings is 2. The van der Waals surface area contributed by atoms with Gasteiger partial charge in [-0.3, -0.25) is 4.79 Å². The summed E-state index contributed by atoms with van der Waals surface area (Å²) in [5.74, 6) is 0.0759. The molecule has 1 heterocycles. The molecule has 1 aromatic heterocycles. The van der Waals surface area contributed by atoms with E-state index in [2.05, 4.69) is 24.3 Å². The van der Waals surface area contributed by atoms with Gasteiger partial charge in [-0.1, -0.05) is 48.9 Å². The van der Waals surface area contributed by atoms with Crippen molar-refractivity contribution in [1.82, 2.24) is 0 Å². The van der Waals surface area contributed by atoms with E-state index in [4.69, 9.17) is 5.14 Å². The number of carbonyl (C=O) groups excluding carboxylic acids is 1. The van der Waals surface area contributed by atoms with Gasteiger partial charge < -0.3 is 0 Å². The SMILES string of the molecule is CCC(=O)c1sc(-c2ccc(C)cc2)c(C)c1-c1ccc(S(N)(=O)=O)cc1. The van der Waals surface area contributed by atoms with Gasteiger partial charge in [-0.25, -0.2) is 13.6 Å². The summed E-state index contributed by atoms with van der Waals surface area (Å²) < 4.78 is 23.0. The molecule has 0 saturated heterocycles. The third kappa shape index (κ3) is 3.88. The molecule has 3 rings (SSSR count). The zero-order valence-electron chi connectivity index (χ0n) is 15.4. The van der Waals surface area contributed by atoms with Crippen LogP contribution in [0.1, 0.15) is 34.1 Å². The molecular weight excluding hydrogens is 378 g/mol. The summed E-state index contributed by atoms with van der Waals surface area (Å²) in [7, 11) is -3.75. The maximum atomic E-state index is 12.6. The van der Waals surface area contributed by atoms with Crippen molar-refractivity contribution < 1.29 is 13.2 Å². The Kier molecular flexibility index (Phi) is 5.33. The number of hydrogen-bond acceptors (Lipinski definition) is 4. The topological polar surface area (TPSA) is 77.2 Å². The van der Waals surface area contributed by atoms with Gasteiger partial charge in [-0.2, -0.15) is 0 Å². The fourth-order valence-electron chi connectivity index (χ4n) is 3.01. The quantitative estimate of drug-likeness (QED) is 0.617. The van der Waals surface area contributed by atoms with Crippen LogP contribution in [0.4, 0.5) is 0 Å². The number of primary sulfonamides is 1. The van der Waals surface area contributed by atoms with E-state index in [1.165, 1.54) is 29.0 Å². The number of hydrogen-bond donors (Lipinski definition) is 1. The van der Waals surface area contributed by atoms with Crippen molar-refractivity contribution in [2.45, 2.75) is 32.1 Å². The van der Waals surface area contributed by atoms with Crippen molar-refractivity contribution in [2.24, 2.45) is 5.14 Å². The number of ketones is 1. The Morgan fingerprint density at radius 3 is 2.04 bits per heavy atom. The monoisotopic (exact) mass is 399 g/mol. The Hall–Kier alpha value is -2.28. The number of carbonyl (C=O) groups is 1. The van der Waals surface area contributed by atoms with Gasteiger partial charge in [0.1, 0.15) is 0 Å². The van der Waals surface area contributed by atoms with Crippen LogP contribution in [0.2, 0.25) is 0 Å². The van der Waals surface area contributed by atoms with E-state index >= 15 is 0 Å². The predicted molar refractivity (Wildman–Crippen MR) is 111 cm³/mol. The number of thiophene rings is 1. The highest BCUT2D eigenvalue weighted by molar-refractivity contribution is 7.89. The third-order valence-corrected chi connectivity index (χ3v) is 6.82. The lowest BCUT2D eigenvalue weighted by molar-refractivity contribution is 0.0992. The molecule has 0 amide bonds. The molecule has 0 radical (unpaired) electrons. The standard InChI is InChI=1S/C21H21NO3S2/c1-4-18(23)21-19(15-9-11-17(12-10-15)27(22,24)25)14(3)20(26-21)16-7-5-13(2)6-8-16/h5-12H,4H2,1-3H3,(H2,22,24,25). The Morgan fingerprint density at radius 1 is 0.963 bits per heavy atom.